The highest BCUT2D eigenvalue weighted by Gasteiger charge is 2.11. The summed E-state index contributed by atoms with van der Waals surface area (Å²) in [6.07, 6.45) is 2.65. The van der Waals surface area contributed by atoms with Crippen molar-refractivity contribution in [3.8, 4) is 5.75 Å². The molecule has 1 aromatic carbocycles. The minimum Gasteiger partial charge on any atom is -0.505 e. The molecule has 0 aliphatic carbocycles. The van der Waals surface area contributed by atoms with Gasteiger partial charge in [-0.25, -0.2) is 0 Å². The van der Waals surface area contributed by atoms with Gasteiger partial charge in [0, 0.05) is 22.0 Å². The van der Waals surface area contributed by atoms with Gasteiger partial charge in [-0.1, -0.05) is 0 Å². The predicted octanol–water partition coefficient (Wildman–Crippen LogP) is 2.38. The molecule has 0 aliphatic rings. The Kier molecular flexibility index (Phi) is 3.47. The topological polar surface area (TPSA) is 88.2 Å². The highest BCUT2D eigenvalue weighted by Crippen LogP contribution is 2.24. The van der Waals surface area contributed by atoms with Crippen LogP contribution in [-0.4, -0.2) is 16.0 Å². The van der Waals surface area contributed by atoms with E-state index >= 15 is 0 Å². The Bertz CT molecular complexity index is 602. The summed E-state index contributed by atoms with van der Waals surface area (Å²) in [5.41, 5.74) is 6.94. The molecule has 0 saturated carbocycles. The molecule has 0 unspecified atom stereocenters. The van der Waals surface area contributed by atoms with Gasteiger partial charge in [-0.2, -0.15) is 0 Å². The third-order valence-corrected chi connectivity index (χ3v) is 3.02. The number of hydrogen-bond acceptors (Lipinski definition) is 4. The molecule has 0 spiro atoms. The van der Waals surface area contributed by atoms with E-state index in [1.54, 1.807) is 18.2 Å². The minimum absolute atomic E-state index is 0.159. The first kappa shape index (κ1) is 12.4. The van der Waals surface area contributed by atoms with Gasteiger partial charge in [0.2, 0.25) is 0 Å². The first-order valence-corrected chi connectivity index (χ1v) is 5.86. The normalized spacial score (nSPS) is 10.1. The van der Waals surface area contributed by atoms with Crippen LogP contribution in [0, 0.1) is 0 Å². The maximum Gasteiger partial charge on any atom is 0.259 e. The fourth-order valence-corrected chi connectivity index (χ4v) is 1.64. The number of halogens is 1. The lowest BCUT2D eigenvalue weighted by molar-refractivity contribution is 0.102. The second-order valence-electron chi connectivity index (χ2n) is 3.58. The molecule has 18 heavy (non-hydrogen) atoms. The maximum atomic E-state index is 11.9. The van der Waals surface area contributed by atoms with E-state index in [1.165, 1.54) is 18.5 Å². The number of nitrogens with zero attached hydrogens (tertiary/aromatic N) is 1. The Morgan fingerprint density at radius 2 is 2.17 bits per heavy atom. The van der Waals surface area contributed by atoms with E-state index in [1.807, 2.05) is 0 Å². The number of nitrogens with two attached hydrogens (primary N) is 1. The molecule has 1 aromatic heterocycles. The van der Waals surface area contributed by atoms with Crippen molar-refractivity contribution in [1.29, 1.82) is 0 Å². The Morgan fingerprint density at radius 1 is 1.39 bits per heavy atom. The van der Waals surface area contributed by atoms with Gasteiger partial charge in [0.1, 0.15) is 5.75 Å². The van der Waals surface area contributed by atoms with Crippen LogP contribution in [-0.2, 0) is 0 Å². The average molecular weight is 308 g/mol. The molecule has 0 atom stereocenters. The number of rotatable bonds is 2. The monoisotopic (exact) mass is 307 g/mol. The van der Waals surface area contributed by atoms with Crippen LogP contribution < -0.4 is 11.1 Å². The van der Waals surface area contributed by atoms with E-state index in [9.17, 15) is 9.90 Å². The Labute approximate surface area is 112 Å². The number of nitrogen functional groups attached to an aromatic ring is 1. The van der Waals surface area contributed by atoms with E-state index in [2.05, 4.69) is 26.2 Å². The van der Waals surface area contributed by atoms with Crippen molar-refractivity contribution >= 4 is 33.2 Å². The van der Waals surface area contributed by atoms with Crippen LogP contribution in [0.25, 0.3) is 0 Å². The van der Waals surface area contributed by atoms with Gasteiger partial charge in [0.15, 0.2) is 0 Å². The van der Waals surface area contributed by atoms with Crippen molar-refractivity contribution in [2.45, 2.75) is 0 Å². The number of amides is 1. The van der Waals surface area contributed by atoms with Gasteiger partial charge >= 0.3 is 0 Å². The Hall–Kier alpha value is -2.08. The van der Waals surface area contributed by atoms with Crippen LogP contribution in [0.3, 0.4) is 0 Å². The molecular weight excluding hydrogens is 298 g/mol. The molecular formula is C12H10BrN3O2. The van der Waals surface area contributed by atoms with Crippen LogP contribution in [0.1, 0.15) is 10.4 Å². The van der Waals surface area contributed by atoms with Crippen LogP contribution in [0.15, 0.2) is 41.1 Å². The summed E-state index contributed by atoms with van der Waals surface area (Å²) in [5.74, 6) is -0.586. The number of carbonyl (C=O) groups is 1. The van der Waals surface area contributed by atoms with Gasteiger partial charge in [-0.15, -0.1) is 0 Å². The summed E-state index contributed by atoms with van der Waals surface area (Å²) in [7, 11) is 0. The number of carbonyl (C=O) groups excluding carboxylic acids is 1. The largest absolute Gasteiger partial charge is 0.505 e. The molecule has 1 amide bonds. The quantitative estimate of drug-likeness (QED) is 0.743. The lowest BCUT2D eigenvalue weighted by Gasteiger charge is -2.07. The number of aromatic nitrogens is 1. The molecule has 0 radical (unpaired) electrons. The molecule has 4 N–H and O–H groups in total. The van der Waals surface area contributed by atoms with Gasteiger partial charge in [-0.3, -0.25) is 9.78 Å². The zero-order valence-corrected chi connectivity index (χ0v) is 10.8. The van der Waals surface area contributed by atoms with Gasteiger partial charge in [0.25, 0.3) is 5.91 Å². The van der Waals surface area contributed by atoms with Crippen LogP contribution in [0.4, 0.5) is 11.4 Å². The number of anilines is 2. The average Bonchev–Trinajstić information content (AvgIpc) is 2.34. The number of aromatic hydroxyl groups is 1. The number of pyridine rings is 1. The zero-order chi connectivity index (χ0) is 13.1. The summed E-state index contributed by atoms with van der Waals surface area (Å²) in [4.78, 5) is 15.6. The maximum absolute atomic E-state index is 11.9. The van der Waals surface area contributed by atoms with Crippen LogP contribution in [0.5, 0.6) is 5.75 Å². The molecule has 2 rings (SSSR count). The van der Waals surface area contributed by atoms with Crippen molar-refractivity contribution in [3.05, 3.63) is 46.7 Å². The minimum atomic E-state index is -0.420. The van der Waals surface area contributed by atoms with Crippen molar-refractivity contribution in [1.82, 2.24) is 4.98 Å². The van der Waals surface area contributed by atoms with E-state index in [-0.39, 0.29) is 11.3 Å². The summed E-state index contributed by atoms with van der Waals surface area (Å²) >= 11 is 3.27. The molecule has 0 saturated heterocycles. The van der Waals surface area contributed by atoms with E-state index in [4.69, 9.17) is 5.73 Å². The standard InChI is InChI=1S/C12H10BrN3O2/c13-9-2-1-7(5-10(9)14)16-12(18)8-3-4-15-6-11(8)17/h1-6,17H,14H2,(H,16,18). The fraction of sp³-hybridized carbons (Fsp3) is 0. The molecule has 92 valence electrons. The van der Waals surface area contributed by atoms with E-state index in [0.29, 0.717) is 11.4 Å². The molecule has 1 heterocycles. The molecule has 0 fully saturated rings. The molecule has 0 aliphatic heterocycles. The lowest BCUT2D eigenvalue weighted by Crippen LogP contribution is -2.12. The number of nitrogens with one attached hydrogen (secondary N) is 1. The molecule has 5 nitrogen and oxygen atoms in total. The summed E-state index contributed by atoms with van der Waals surface area (Å²) in [6, 6.07) is 6.50. The molecule has 6 heteroatoms. The zero-order valence-electron chi connectivity index (χ0n) is 9.22. The van der Waals surface area contributed by atoms with Crippen molar-refractivity contribution in [3.63, 3.8) is 0 Å². The second kappa shape index (κ2) is 5.05. The lowest BCUT2D eigenvalue weighted by atomic mass is 10.2. The Balaban J connectivity index is 2.22. The second-order valence-corrected chi connectivity index (χ2v) is 4.44. The molecule has 2 aromatic rings. The third-order valence-electron chi connectivity index (χ3n) is 2.30. The third kappa shape index (κ3) is 2.60. The summed E-state index contributed by atoms with van der Waals surface area (Å²) < 4.78 is 0.757. The van der Waals surface area contributed by atoms with Gasteiger partial charge < -0.3 is 16.2 Å². The number of hydrogen-bond donors (Lipinski definition) is 3. The SMILES string of the molecule is Nc1cc(NC(=O)c2ccncc2O)ccc1Br. The Morgan fingerprint density at radius 3 is 2.83 bits per heavy atom. The molecule has 0 bridgehead atoms. The van der Waals surface area contributed by atoms with Crippen molar-refractivity contribution in [2.75, 3.05) is 11.1 Å². The highest BCUT2D eigenvalue weighted by molar-refractivity contribution is 9.10. The van der Waals surface area contributed by atoms with Crippen LogP contribution >= 0.6 is 15.9 Å². The summed E-state index contributed by atoms with van der Waals surface area (Å²) in [5, 5.41) is 12.1. The first-order valence-electron chi connectivity index (χ1n) is 5.07. The van der Waals surface area contributed by atoms with Gasteiger partial charge in [0.05, 0.1) is 11.8 Å². The smallest absolute Gasteiger partial charge is 0.259 e. The predicted molar refractivity (Wildman–Crippen MR) is 72.4 cm³/mol. The fourth-order valence-electron chi connectivity index (χ4n) is 1.40. The number of benzene rings is 1. The van der Waals surface area contributed by atoms with Gasteiger partial charge in [-0.05, 0) is 40.2 Å². The first-order chi connectivity index (χ1) is 8.58. The van der Waals surface area contributed by atoms with E-state index < -0.39 is 5.91 Å². The summed E-state index contributed by atoms with van der Waals surface area (Å²) in [6.45, 7) is 0. The van der Waals surface area contributed by atoms with Crippen molar-refractivity contribution in [2.24, 2.45) is 0 Å². The van der Waals surface area contributed by atoms with Crippen LogP contribution in [0.2, 0.25) is 0 Å². The van der Waals surface area contributed by atoms with E-state index in [0.717, 1.165) is 4.47 Å². The van der Waals surface area contributed by atoms with Crippen molar-refractivity contribution < 1.29 is 9.90 Å². The highest BCUT2D eigenvalue weighted by atomic mass is 79.9.